The molecule has 0 aromatic carbocycles. The van der Waals surface area contributed by atoms with Gasteiger partial charge in [0.25, 0.3) is 0 Å². The van der Waals surface area contributed by atoms with Gasteiger partial charge in [0.1, 0.15) is 0 Å². The highest BCUT2D eigenvalue weighted by Crippen LogP contribution is 2.26. The Kier molecular flexibility index (Phi) is 3.05. The highest BCUT2D eigenvalue weighted by Gasteiger charge is 2.46. The molecule has 0 saturated carbocycles. The zero-order valence-corrected chi connectivity index (χ0v) is 8.36. The molecule has 0 radical (unpaired) electrons. The number of nitrogens with zero attached hydrogens (tertiary/aromatic N) is 2. The molecule has 1 rings (SSSR count). The minimum absolute atomic E-state index is 0.467. The van der Waals surface area contributed by atoms with Crippen molar-refractivity contribution in [1.29, 1.82) is 0 Å². The fraction of sp³-hybridized carbons (Fsp3) is 0.200. The fourth-order valence-corrected chi connectivity index (χ4v) is 1.30. The van der Waals surface area contributed by atoms with E-state index in [1.807, 2.05) is 0 Å². The average Bonchev–Trinajstić information content (AvgIpc) is 2.06. The van der Waals surface area contributed by atoms with E-state index in [4.69, 9.17) is 11.6 Å². The van der Waals surface area contributed by atoms with Crippen LogP contribution in [0.25, 0.3) is 0 Å². The summed E-state index contributed by atoms with van der Waals surface area (Å²) in [5.41, 5.74) is -5.42. The maximum absolute atomic E-state index is 11.9. The maximum Gasteiger partial charge on any atom is 0.516 e. The molecule has 0 amide bonds. The Labute approximate surface area is 87.3 Å². The van der Waals surface area contributed by atoms with Crippen LogP contribution in [0.5, 0.6) is 0 Å². The standard InChI is InChI=1S/C5H3ClF3N3O2S/c6-3-4(11-2-1-10-3)12-15(13,14)5(7,8)9/h1-2H,(H,11,12). The first-order valence-corrected chi connectivity index (χ1v) is 5.16. The average molecular weight is 262 g/mol. The van der Waals surface area contributed by atoms with Crippen molar-refractivity contribution in [3.63, 3.8) is 0 Å². The highest BCUT2D eigenvalue weighted by atomic mass is 35.5. The van der Waals surface area contributed by atoms with Crippen molar-refractivity contribution in [2.24, 2.45) is 0 Å². The maximum atomic E-state index is 11.9. The summed E-state index contributed by atoms with van der Waals surface area (Å²) < 4.78 is 58.1. The molecule has 0 aliphatic heterocycles. The Morgan fingerprint density at radius 1 is 1.27 bits per heavy atom. The second-order valence-electron chi connectivity index (χ2n) is 2.25. The minimum atomic E-state index is -5.51. The van der Waals surface area contributed by atoms with Gasteiger partial charge in [0, 0.05) is 12.4 Å². The summed E-state index contributed by atoms with van der Waals surface area (Å²) in [5, 5.41) is -0.467. The monoisotopic (exact) mass is 261 g/mol. The predicted molar refractivity (Wildman–Crippen MR) is 45.6 cm³/mol. The van der Waals surface area contributed by atoms with Crippen LogP contribution in [0.1, 0.15) is 0 Å². The molecule has 15 heavy (non-hydrogen) atoms. The summed E-state index contributed by atoms with van der Waals surface area (Å²) in [4.78, 5) is 6.65. The van der Waals surface area contributed by atoms with Gasteiger partial charge in [-0.3, -0.25) is 4.72 Å². The van der Waals surface area contributed by atoms with Crippen molar-refractivity contribution in [2.45, 2.75) is 5.51 Å². The van der Waals surface area contributed by atoms with Gasteiger partial charge < -0.3 is 0 Å². The summed E-state index contributed by atoms with van der Waals surface area (Å²) >= 11 is 5.31. The minimum Gasteiger partial charge on any atom is -0.257 e. The molecule has 0 fully saturated rings. The van der Waals surface area contributed by atoms with Crippen LogP contribution in [0.3, 0.4) is 0 Å². The zero-order valence-electron chi connectivity index (χ0n) is 6.79. The van der Waals surface area contributed by atoms with Crippen LogP contribution in [-0.2, 0) is 10.0 Å². The molecule has 1 aromatic heterocycles. The molecule has 0 unspecified atom stereocenters. The van der Waals surface area contributed by atoms with E-state index in [2.05, 4.69) is 9.97 Å². The number of halogens is 4. The van der Waals surface area contributed by atoms with Crippen LogP contribution in [0.15, 0.2) is 12.4 Å². The normalized spacial score (nSPS) is 12.5. The summed E-state index contributed by atoms with van der Waals surface area (Å²) in [6.45, 7) is 0. The molecule has 0 atom stereocenters. The Morgan fingerprint density at radius 3 is 2.27 bits per heavy atom. The van der Waals surface area contributed by atoms with Crippen molar-refractivity contribution in [2.75, 3.05) is 4.72 Å². The number of nitrogens with one attached hydrogen (secondary N) is 1. The van der Waals surface area contributed by atoms with Crippen molar-refractivity contribution in [3.05, 3.63) is 17.5 Å². The molecule has 0 aliphatic carbocycles. The second-order valence-corrected chi connectivity index (χ2v) is 4.28. The van der Waals surface area contributed by atoms with Gasteiger partial charge in [-0.15, -0.1) is 0 Å². The lowest BCUT2D eigenvalue weighted by atomic mass is 10.7. The van der Waals surface area contributed by atoms with Crippen LogP contribution >= 0.6 is 11.6 Å². The van der Waals surface area contributed by atoms with Crippen LogP contribution in [0.4, 0.5) is 19.0 Å². The summed E-state index contributed by atoms with van der Waals surface area (Å²) in [7, 11) is -5.51. The van der Waals surface area contributed by atoms with Gasteiger partial charge in [0.05, 0.1) is 0 Å². The van der Waals surface area contributed by atoms with Crippen LogP contribution in [0, 0.1) is 0 Å². The van der Waals surface area contributed by atoms with E-state index in [9.17, 15) is 21.6 Å². The predicted octanol–water partition coefficient (Wildman–Crippen LogP) is 1.39. The first-order valence-electron chi connectivity index (χ1n) is 3.29. The van der Waals surface area contributed by atoms with Gasteiger partial charge in [0.2, 0.25) is 0 Å². The number of alkyl halides is 3. The molecular formula is C5H3ClF3N3O2S. The smallest absolute Gasteiger partial charge is 0.257 e. The molecule has 0 spiro atoms. The van der Waals surface area contributed by atoms with E-state index < -0.39 is 26.5 Å². The first-order chi connectivity index (χ1) is 6.74. The topological polar surface area (TPSA) is 72.0 Å². The number of hydrogen-bond donors (Lipinski definition) is 1. The van der Waals surface area contributed by atoms with Gasteiger partial charge in [0.15, 0.2) is 11.0 Å². The summed E-state index contributed by atoms with van der Waals surface area (Å²) in [6.07, 6.45) is 2.10. The Balaban J connectivity index is 3.03. The molecule has 84 valence electrons. The molecule has 0 saturated heterocycles. The van der Waals surface area contributed by atoms with Gasteiger partial charge in [-0.1, -0.05) is 11.6 Å². The third kappa shape index (κ3) is 2.69. The van der Waals surface area contributed by atoms with Gasteiger partial charge in [-0.05, 0) is 0 Å². The summed E-state index contributed by atoms with van der Waals surface area (Å²) in [5.74, 6) is -0.670. The van der Waals surface area contributed by atoms with Gasteiger partial charge in [-0.2, -0.15) is 21.6 Å². The largest absolute Gasteiger partial charge is 0.516 e. The molecule has 0 aliphatic rings. The number of hydrogen-bond acceptors (Lipinski definition) is 4. The van der Waals surface area contributed by atoms with Gasteiger partial charge in [-0.25, -0.2) is 9.97 Å². The first kappa shape index (κ1) is 12.0. The number of aromatic nitrogens is 2. The van der Waals surface area contributed by atoms with E-state index in [0.29, 0.717) is 0 Å². The van der Waals surface area contributed by atoms with Crippen molar-refractivity contribution >= 4 is 27.4 Å². The van der Waals surface area contributed by atoms with E-state index in [0.717, 1.165) is 12.4 Å². The van der Waals surface area contributed by atoms with Crippen molar-refractivity contribution in [3.8, 4) is 0 Å². The zero-order chi connectivity index (χ0) is 11.7. The lowest BCUT2D eigenvalue weighted by molar-refractivity contribution is -0.0429. The van der Waals surface area contributed by atoms with Crippen LogP contribution in [0.2, 0.25) is 5.15 Å². The fourth-order valence-electron chi connectivity index (χ4n) is 0.575. The van der Waals surface area contributed by atoms with Crippen LogP contribution in [-0.4, -0.2) is 23.9 Å². The molecule has 1 aromatic rings. The molecular weight excluding hydrogens is 259 g/mol. The molecule has 1 heterocycles. The van der Waals surface area contributed by atoms with Crippen molar-refractivity contribution in [1.82, 2.24) is 9.97 Å². The number of sulfonamides is 1. The third-order valence-electron chi connectivity index (χ3n) is 1.19. The van der Waals surface area contributed by atoms with Crippen LogP contribution < -0.4 is 4.72 Å². The highest BCUT2D eigenvalue weighted by molar-refractivity contribution is 7.93. The Hall–Kier alpha value is -1.09. The van der Waals surface area contributed by atoms with Crippen molar-refractivity contribution < 1.29 is 21.6 Å². The summed E-state index contributed by atoms with van der Waals surface area (Å²) in [6, 6.07) is 0. The lowest BCUT2D eigenvalue weighted by Gasteiger charge is -2.09. The number of rotatable bonds is 2. The SMILES string of the molecule is O=S(=O)(Nc1nccnc1Cl)C(F)(F)F. The van der Waals surface area contributed by atoms with E-state index in [-0.39, 0.29) is 0 Å². The van der Waals surface area contributed by atoms with E-state index in [1.54, 1.807) is 0 Å². The van der Waals surface area contributed by atoms with Gasteiger partial charge >= 0.3 is 15.5 Å². The molecule has 10 heteroatoms. The second kappa shape index (κ2) is 3.81. The molecule has 1 N–H and O–H groups in total. The molecule has 5 nitrogen and oxygen atoms in total. The van der Waals surface area contributed by atoms with E-state index in [1.165, 1.54) is 4.72 Å². The molecule has 0 bridgehead atoms. The Morgan fingerprint density at radius 2 is 1.80 bits per heavy atom. The number of anilines is 1. The van der Waals surface area contributed by atoms with E-state index >= 15 is 0 Å². The quantitative estimate of drug-likeness (QED) is 0.873. The Bertz CT molecular complexity index is 461. The third-order valence-corrected chi connectivity index (χ3v) is 2.54. The lowest BCUT2D eigenvalue weighted by Crippen LogP contribution is -2.30.